The topological polar surface area (TPSA) is 74.7 Å². The van der Waals surface area contributed by atoms with E-state index in [1.807, 2.05) is 24.3 Å². The van der Waals surface area contributed by atoms with Crippen LogP contribution in [0, 0.1) is 0 Å². The van der Waals surface area contributed by atoms with Crippen molar-refractivity contribution in [3.63, 3.8) is 0 Å². The van der Waals surface area contributed by atoms with Gasteiger partial charge in [-0.2, -0.15) is 0 Å². The Morgan fingerprint density at radius 2 is 1.74 bits per heavy atom. The molecule has 1 heterocycles. The van der Waals surface area contributed by atoms with E-state index in [0.717, 1.165) is 10.2 Å². The number of rotatable bonds is 10. The summed E-state index contributed by atoms with van der Waals surface area (Å²) in [6, 6.07) is 13.8. The maximum Gasteiger partial charge on any atom is 0.306 e. The van der Waals surface area contributed by atoms with E-state index < -0.39 is 11.9 Å². The molecule has 0 unspecified atom stereocenters. The normalized spacial score (nSPS) is 10.3. The number of pyridine rings is 1. The molecule has 0 bridgehead atoms. The van der Waals surface area contributed by atoms with Gasteiger partial charge in [-0.1, -0.05) is 30.3 Å². The summed E-state index contributed by atoms with van der Waals surface area (Å²) in [6.45, 7) is 0.608. The van der Waals surface area contributed by atoms with Crippen LogP contribution >= 0.6 is 15.9 Å². The third kappa shape index (κ3) is 7.78. The standard InChI is InChI=1S/C20H22BrNO5/c1-25-19(23)10-11-20(24)27-13-5-12-26-18-9-8-16(21)17(22-18)14-15-6-3-2-4-7-15/h2-4,6-9H,5,10-14H2,1H3. The highest BCUT2D eigenvalue weighted by Gasteiger charge is 2.08. The van der Waals surface area contributed by atoms with Crippen LogP contribution in [0.4, 0.5) is 0 Å². The molecule has 0 atom stereocenters. The van der Waals surface area contributed by atoms with Crippen molar-refractivity contribution in [2.75, 3.05) is 20.3 Å². The Hall–Kier alpha value is -2.41. The minimum Gasteiger partial charge on any atom is -0.478 e. The first-order valence-corrected chi connectivity index (χ1v) is 9.42. The SMILES string of the molecule is COC(=O)CCC(=O)OCCCOc1ccc(Br)c(Cc2ccccc2)n1. The number of carbonyl (C=O) groups is 2. The number of hydrogen-bond acceptors (Lipinski definition) is 6. The zero-order valence-corrected chi connectivity index (χ0v) is 16.7. The summed E-state index contributed by atoms with van der Waals surface area (Å²) in [7, 11) is 1.28. The zero-order chi connectivity index (χ0) is 19.5. The van der Waals surface area contributed by atoms with Crippen molar-refractivity contribution in [1.29, 1.82) is 0 Å². The summed E-state index contributed by atoms with van der Waals surface area (Å²) in [5, 5.41) is 0. The molecule has 0 aliphatic carbocycles. The van der Waals surface area contributed by atoms with E-state index >= 15 is 0 Å². The van der Waals surface area contributed by atoms with Crippen LogP contribution in [-0.2, 0) is 25.5 Å². The summed E-state index contributed by atoms with van der Waals surface area (Å²) < 4.78 is 16.1. The Labute approximate surface area is 167 Å². The van der Waals surface area contributed by atoms with Crippen molar-refractivity contribution in [2.24, 2.45) is 0 Å². The second kappa shape index (κ2) is 11.3. The molecule has 0 aliphatic heterocycles. The van der Waals surface area contributed by atoms with E-state index in [4.69, 9.17) is 9.47 Å². The van der Waals surface area contributed by atoms with Gasteiger partial charge in [0.15, 0.2) is 0 Å². The Morgan fingerprint density at radius 1 is 1.00 bits per heavy atom. The minimum absolute atomic E-state index is 0.0185. The first-order chi connectivity index (χ1) is 13.1. The van der Waals surface area contributed by atoms with Crippen LogP contribution in [0.15, 0.2) is 46.9 Å². The largest absolute Gasteiger partial charge is 0.478 e. The van der Waals surface area contributed by atoms with Crippen LogP contribution in [-0.4, -0.2) is 37.2 Å². The maximum absolute atomic E-state index is 11.5. The number of carbonyl (C=O) groups excluding carboxylic acids is 2. The van der Waals surface area contributed by atoms with E-state index in [0.29, 0.717) is 25.3 Å². The molecule has 0 saturated heterocycles. The van der Waals surface area contributed by atoms with Gasteiger partial charge in [0.2, 0.25) is 5.88 Å². The van der Waals surface area contributed by atoms with Crippen LogP contribution in [0.2, 0.25) is 0 Å². The molecule has 0 radical (unpaired) electrons. The lowest BCUT2D eigenvalue weighted by molar-refractivity contribution is -0.149. The number of hydrogen-bond donors (Lipinski definition) is 0. The number of halogens is 1. The highest BCUT2D eigenvalue weighted by atomic mass is 79.9. The average molecular weight is 436 g/mol. The fourth-order valence-corrected chi connectivity index (χ4v) is 2.62. The molecule has 6 nitrogen and oxygen atoms in total. The fourth-order valence-electron chi connectivity index (χ4n) is 2.26. The van der Waals surface area contributed by atoms with Crippen molar-refractivity contribution in [1.82, 2.24) is 4.98 Å². The second-order valence-corrected chi connectivity index (χ2v) is 6.59. The van der Waals surface area contributed by atoms with Gasteiger partial charge in [0, 0.05) is 23.4 Å². The third-order valence-corrected chi connectivity index (χ3v) is 4.39. The monoisotopic (exact) mass is 435 g/mol. The maximum atomic E-state index is 11.5. The first-order valence-electron chi connectivity index (χ1n) is 8.63. The molecule has 0 amide bonds. The van der Waals surface area contributed by atoms with Gasteiger partial charge in [0.1, 0.15) is 0 Å². The molecule has 0 aliphatic rings. The van der Waals surface area contributed by atoms with Gasteiger partial charge in [-0.05, 0) is 27.6 Å². The Kier molecular flexibility index (Phi) is 8.77. The molecule has 1 aromatic carbocycles. The van der Waals surface area contributed by atoms with E-state index in [1.54, 1.807) is 6.07 Å². The minimum atomic E-state index is -0.428. The lowest BCUT2D eigenvalue weighted by atomic mass is 10.1. The Balaban J connectivity index is 1.72. The van der Waals surface area contributed by atoms with E-state index in [1.165, 1.54) is 12.7 Å². The van der Waals surface area contributed by atoms with Crippen molar-refractivity contribution in [3.05, 3.63) is 58.2 Å². The molecule has 7 heteroatoms. The number of ether oxygens (including phenoxy) is 3. The molecule has 2 rings (SSSR count). The van der Waals surface area contributed by atoms with E-state index in [2.05, 4.69) is 37.8 Å². The smallest absolute Gasteiger partial charge is 0.306 e. The number of esters is 2. The Morgan fingerprint density at radius 3 is 2.48 bits per heavy atom. The van der Waals surface area contributed by atoms with Crippen molar-refractivity contribution >= 4 is 27.9 Å². The summed E-state index contributed by atoms with van der Waals surface area (Å²) in [5.41, 5.74) is 2.06. The van der Waals surface area contributed by atoms with Crippen LogP contribution in [0.1, 0.15) is 30.5 Å². The molecule has 0 saturated carbocycles. The van der Waals surface area contributed by atoms with Gasteiger partial charge in [-0.3, -0.25) is 9.59 Å². The van der Waals surface area contributed by atoms with E-state index in [9.17, 15) is 9.59 Å². The zero-order valence-electron chi connectivity index (χ0n) is 15.2. The van der Waals surface area contributed by atoms with Crippen LogP contribution in [0.25, 0.3) is 0 Å². The van der Waals surface area contributed by atoms with Gasteiger partial charge in [-0.25, -0.2) is 4.98 Å². The van der Waals surface area contributed by atoms with Crippen LogP contribution < -0.4 is 4.74 Å². The highest BCUT2D eigenvalue weighted by Crippen LogP contribution is 2.21. The van der Waals surface area contributed by atoms with Crippen molar-refractivity contribution in [2.45, 2.75) is 25.7 Å². The number of methoxy groups -OCH3 is 1. The molecule has 144 valence electrons. The summed E-state index contributed by atoms with van der Waals surface area (Å²) >= 11 is 3.52. The summed E-state index contributed by atoms with van der Waals surface area (Å²) in [5.74, 6) is -0.323. The Bertz CT molecular complexity index is 751. The molecule has 2 aromatic rings. The quantitative estimate of drug-likeness (QED) is 0.418. The predicted octanol–water partition coefficient (Wildman–Crippen LogP) is 3.70. The number of aromatic nitrogens is 1. The molecule has 1 aromatic heterocycles. The average Bonchev–Trinajstić information content (AvgIpc) is 2.69. The van der Waals surface area contributed by atoms with Crippen molar-refractivity contribution in [3.8, 4) is 5.88 Å². The first kappa shape index (κ1) is 20.9. The molecule has 0 N–H and O–H groups in total. The second-order valence-electron chi connectivity index (χ2n) is 5.74. The summed E-state index contributed by atoms with van der Waals surface area (Å²) in [4.78, 5) is 27.0. The van der Waals surface area contributed by atoms with E-state index in [-0.39, 0.29) is 19.4 Å². The van der Waals surface area contributed by atoms with Gasteiger partial charge in [0.05, 0.1) is 38.9 Å². The van der Waals surface area contributed by atoms with Gasteiger partial charge >= 0.3 is 11.9 Å². The highest BCUT2D eigenvalue weighted by molar-refractivity contribution is 9.10. The lowest BCUT2D eigenvalue weighted by Gasteiger charge is -2.09. The molecular formula is C20H22BrNO5. The molecule has 0 spiro atoms. The van der Waals surface area contributed by atoms with Gasteiger partial charge in [-0.15, -0.1) is 0 Å². The van der Waals surface area contributed by atoms with Crippen LogP contribution in [0.5, 0.6) is 5.88 Å². The lowest BCUT2D eigenvalue weighted by Crippen LogP contribution is -2.11. The summed E-state index contributed by atoms with van der Waals surface area (Å²) in [6.07, 6.45) is 1.29. The molecule has 0 fully saturated rings. The molecular weight excluding hydrogens is 414 g/mol. The number of benzene rings is 1. The molecule has 27 heavy (non-hydrogen) atoms. The van der Waals surface area contributed by atoms with Crippen LogP contribution in [0.3, 0.4) is 0 Å². The number of nitrogens with zero attached hydrogens (tertiary/aromatic N) is 1. The predicted molar refractivity (Wildman–Crippen MR) is 104 cm³/mol. The van der Waals surface area contributed by atoms with Gasteiger partial charge < -0.3 is 14.2 Å². The van der Waals surface area contributed by atoms with Gasteiger partial charge in [0.25, 0.3) is 0 Å². The third-order valence-electron chi connectivity index (χ3n) is 3.67. The fraction of sp³-hybridized carbons (Fsp3) is 0.350. The van der Waals surface area contributed by atoms with Crippen molar-refractivity contribution < 1.29 is 23.8 Å².